The van der Waals surface area contributed by atoms with E-state index in [4.69, 9.17) is 56.6 Å². The van der Waals surface area contributed by atoms with Gasteiger partial charge in [-0.2, -0.15) is 0 Å². The van der Waals surface area contributed by atoms with Crippen LogP contribution in [-0.4, -0.2) is 43.7 Å². The van der Waals surface area contributed by atoms with E-state index in [0.29, 0.717) is 38.5 Å². The first-order valence-electron chi connectivity index (χ1n) is 6.27. The lowest BCUT2D eigenvalue weighted by molar-refractivity contribution is -0.137. The molecule has 4 unspecified atom stereocenters. The molecule has 0 aromatic carbocycles. The summed E-state index contributed by atoms with van der Waals surface area (Å²) in [5.41, 5.74) is 0. The van der Waals surface area contributed by atoms with Crippen LogP contribution in [-0.2, 0) is 9.59 Å². The predicted molar refractivity (Wildman–Crippen MR) is 81.5 cm³/mol. The number of aliphatic carboxylic acids is 2. The zero-order valence-electron chi connectivity index (χ0n) is 10.8. The topological polar surface area (TPSA) is 74.6 Å². The summed E-state index contributed by atoms with van der Waals surface area (Å²) in [4.78, 5) is 21.0. The van der Waals surface area contributed by atoms with E-state index >= 15 is 0 Å². The van der Waals surface area contributed by atoms with Crippen molar-refractivity contribution in [2.45, 2.75) is 60.0 Å². The van der Waals surface area contributed by atoms with Gasteiger partial charge in [0, 0.05) is 10.8 Å². The van der Waals surface area contributed by atoms with Gasteiger partial charge in [0.15, 0.2) is 0 Å². The summed E-state index contributed by atoms with van der Waals surface area (Å²) in [6, 6.07) is 0. The molecule has 2 N–H and O–H groups in total. The third-order valence-corrected chi connectivity index (χ3v) is 4.79. The van der Waals surface area contributed by atoms with Crippen molar-refractivity contribution < 1.29 is 19.8 Å². The van der Waals surface area contributed by atoms with Gasteiger partial charge >= 0.3 is 11.9 Å². The van der Waals surface area contributed by atoms with Crippen LogP contribution in [0, 0.1) is 0 Å². The first kappa shape index (κ1) is 20.1. The average Bonchev–Trinajstić information content (AvgIpc) is 2.37. The molecule has 8 heteroatoms. The number of halogens is 4. The highest BCUT2D eigenvalue weighted by Gasteiger charge is 2.20. The summed E-state index contributed by atoms with van der Waals surface area (Å²) in [6.45, 7) is 0. The summed E-state index contributed by atoms with van der Waals surface area (Å²) in [5.74, 6) is -2.08. The maximum atomic E-state index is 10.5. The second kappa shape index (κ2) is 10.8. The summed E-state index contributed by atoms with van der Waals surface area (Å²) >= 11 is 23.4. The fraction of sp³-hybridized carbons (Fsp3) is 0.833. The Kier molecular flexibility index (Phi) is 10.8. The Morgan fingerprint density at radius 3 is 1.25 bits per heavy atom. The second-order valence-corrected chi connectivity index (χ2v) is 6.68. The Morgan fingerprint density at radius 2 is 1.00 bits per heavy atom. The molecule has 0 amide bonds. The molecule has 20 heavy (non-hydrogen) atoms. The van der Waals surface area contributed by atoms with E-state index < -0.39 is 22.7 Å². The predicted octanol–water partition coefficient (Wildman–Crippen LogP) is 3.93. The van der Waals surface area contributed by atoms with Gasteiger partial charge in [-0.1, -0.05) is 0 Å². The molecule has 0 saturated carbocycles. The fourth-order valence-electron chi connectivity index (χ4n) is 1.59. The van der Waals surface area contributed by atoms with Crippen molar-refractivity contribution in [1.82, 2.24) is 0 Å². The number of rotatable bonds is 11. The summed E-state index contributed by atoms with van der Waals surface area (Å²) in [5, 5.41) is 14.8. The standard InChI is InChI=1S/C12H18Cl4O4/c13-7(3-1-5-9(15)11(17)18)8(14)4-2-6-10(16)12(19)20/h7-10H,1-6H2,(H,17,18)(H,19,20). The van der Waals surface area contributed by atoms with Crippen molar-refractivity contribution in [2.24, 2.45) is 0 Å². The molecule has 0 bridgehead atoms. The molecule has 0 heterocycles. The SMILES string of the molecule is O=C(O)C(Cl)CCCC(Cl)C(Cl)CCCC(Cl)C(=O)O. The van der Waals surface area contributed by atoms with Crippen LogP contribution >= 0.6 is 46.4 Å². The van der Waals surface area contributed by atoms with E-state index in [1.54, 1.807) is 0 Å². The average molecular weight is 368 g/mol. The number of carbonyl (C=O) groups is 2. The highest BCUT2D eigenvalue weighted by Crippen LogP contribution is 2.23. The molecule has 4 nitrogen and oxygen atoms in total. The van der Waals surface area contributed by atoms with Crippen molar-refractivity contribution in [3.63, 3.8) is 0 Å². The minimum atomic E-state index is -1.04. The molecule has 0 aliphatic carbocycles. The van der Waals surface area contributed by atoms with Crippen LogP contribution in [0.15, 0.2) is 0 Å². The molecule has 0 aromatic heterocycles. The molecule has 0 aromatic rings. The van der Waals surface area contributed by atoms with Crippen LogP contribution in [0.2, 0.25) is 0 Å². The number of hydrogen-bond acceptors (Lipinski definition) is 2. The molecule has 4 atom stereocenters. The van der Waals surface area contributed by atoms with Gasteiger partial charge in [-0.15, -0.1) is 46.4 Å². The van der Waals surface area contributed by atoms with Gasteiger partial charge < -0.3 is 10.2 Å². The van der Waals surface area contributed by atoms with E-state index in [9.17, 15) is 9.59 Å². The lowest BCUT2D eigenvalue weighted by atomic mass is 10.0. The molecule has 0 aliphatic heterocycles. The van der Waals surface area contributed by atoms with E-state index in [0.717, 1.165) is 0 Å². The number of alkyl halides is 4. The third kappa shape index (κ3) is 9.11. The van der Waals surface area contributed by atoms with E-state index in [1.165, 1.54) is 0 Å². The molecular formula is C12H18Cl4O4. The van der Waals surface area contributed by atoms with Gasteiger partial charge in [-0.05, 0) is 38.5 Å². The minimum Gasteiger partial charge on any atom is -0.480 e. The Bertz CT molecular complexity index is 284. The number of carboxylic acids is 2. The maximum Gasteiger partial charge on any atom is 0.321 e. The lowest BCUT2D eigenvalue weighted by Crippen LogP contribution is -2.19. The van der Waals surface area contributed by atoms with Crippen molar-refractivity contribution in [1.29, 1.82) is 0 Å². The van der Waals surface area contributed by atoms with Gasteiger partial charge in [0.05, 0.1) is 0 Å². The van der Waals surface area contributed by atoms with Crippen LogP contribution in [0.4, 0.5) is 0 Å². The van der Waals surface area contributed by atoms with Crippen LogP contribution in [0.25, 0.3) is 0 Å². The molecule has 118 valence electrons. The highest BCUT2D eigenvalue weighted by atomic mass is 35.5. The first-order chi connectivity index (χ1) is 9.25. The van der Waals surface area contributed by atoms with Gasteiger partial charge in [-0.25, -0.2) is 0 Å². The molecule has 0 rings (SSSR count). The largest absolute Gasteiger partial charge is 0.480 e. The first-order valence-corrected chi connectivity index (χ1v) is 8.02. The Balaban J connectivity index is 3.78. The van der Waals surface area contributed by atoms with Crippen LogP contribution in [0.1, 0.15) is 38.5 Å². The molecule has 0 saturated heterocycles. The fourth-order valence-corrected chi connectivity index (χ4v) is 2.46. The lowest BCUT2D eigenvalue weighted by Gasteiger charge is -2.16. The second-order valence-electron chi connectivity index (χ2n) is 4.51. The van der Waals surface area contributed by atoms with Crippen molar-refractivity contribution in [2.75, 3.05) is 0 Å². The normalized spacial score (nSPS) is 17.2. The number of hydrogen-bond donors (Lipinski definition) is 2. The van der Waals surface area contributed by atoms with E-state index in [2.05, 4.69) is 0 Å². The zero-order valence-corrected chi connectivity index (χ0v) is 13.8. The van der Waals surface area contributed by atoms with Crippen LogP contribution < -0.4 is 0 Å². The molecule has 0 aliphatic rings. The van der Waals surface area contributed by atoms with Crippen molar-refractivity contribution in [3.8, 4) is 0 Å². The van der Waals surface area contributed by atoms with Crippen LogP contribution in [0.5, 0.6) is 0 Å². The van der Waals surface area contributed by atoms with Crippen molar-refractivity contribution >= 4 is 58.3 Å². The molecule has 0 spiro atoms. The quantitative estimate of drug-likeness (QED) is 0.542. The van der Waals surface area contributed by atoms with Gasteiger partial charge in [0.1, 0.15) is 10.8 Å². The molecule has 0 fully saturated rings. The molecular weight excluding hydrogens is 350 g/mol. The Labute approximate surface area is 138 Å². The van der Waals surface area contributed by atoms with E-state index in [1.807, 2.05) is 0 Å². The monoisotopic (exact) mass is 366 g/mol. The zero-order chi connectivity index (χ0) is 15.7. The minimum absolute atomic E-state index is 0.298. The third-order valence-electron chi connectivity index (χ3n) is 2.80. The van der Waals surface area contributed by atoms with E-state index in [-0.39, 0.29) is 10.8 Å². The van der Waals surface area contributed by atoms with Crippen molar-refractivity contribution in [3.05, 3.63) is 0 Å². The maximum absolute atomic E-state index is 10.5. The smallest absolute Gasteiger partial charge is 0.321 e. The Morgan fingerprint density at radius 1 is 0.700 bits per heavy atom. The summed E-state index contributed by atoms with van der Waals surface area (Å²) in [7, 11) is 0. The van der Waals surface area contributed by atoms with Gasteiger partial charge in [0.2, 0.25) is 0 Å². The van der Waals surface area contributed by atoms with Crippen LogP contribution in [0.3, 0.4) is 0 Å². The Hall–Kier alpha value is 0.1000. The number of carboxylic acid groups (broad SMARTS) is 2. The van der Waals surface area contributed by atoms with Gasteiger partial charge in [-0.3, -0.25) is 9.59 Å². The molecule has 0 radical (unpaired) electrons. The summed E-state index contributed by atoms with van der Waals surface area (Å²) < 4.78 is 0. The van der Waals surface area contributed by atoms with Gasteiger partial charge in [0.25, 0.3) is 0 Å². The highest BCUT2D eigenvalue weighted by molar-refractivity contribution is 6.30. The summed E-state index contributed by atoms with van der Waals surface area (Å²) in [6.07, 6.45) is 2.96.